The minimum atomic E-state index is -7.04. The van der Waals surface area contributed by atoms with Crippen LogP contribution in [0, 0.1) is 0 Å². The van der Waals surface area contributed by atoms with Gasteiger partial charge in [0.05, 0.1) is 0 Å². The van der Waals surface area contributed by atoms with E-state index in [1.165, 1.54) is 11.8 Å². The summed E-state index contributed by atoms with van der Waals surface area (Å²) in [6, 6.07) is 0. The van der Waals surface area contributed by atoms with Crippen LogP contribution < -0.4 is 0 Å². The molecule has 1 saturated heterocycles. The highest BCUT2D eigenvalue weighted by Gasteiger charge is 2.84. The molecular formula is C9H8F9NOS. The molecule has 1 amide bonds. The summed E-state index contributed by atoms with van der Waals surface area (Å²) in [5.74, 6) is -22.7. The van der Waals surface area contributed by atoms with Gasteiger partial charge in [-0.15, -0.1) is 0 Å². The predicted octanol–water partition coefficient (Wildman–Crippen LogP) is 3.03. The SMILES string of the molecule is O=C(N1CCSCC1)C(F)(F)C(F)(F)C(F)(F)C(F)(F)F. The monoisotopic (exact) mass is 349 g/mol. The third-order valence-corrected chi connectivity index (χ3v) is 3.65. The molecule has 0 unspecified atom stereocenters. The Morgan fingerprint density at radius 2 is 1.24 bits per heavy atom. The lowest BCUT2D eigenvalue weighted by Crippen LogP contribution is -2.66. The molecule has 1 aliphatic rings. The number of hydrogen-bond acceptors (Lipinski definition) is 2. The zero-order valence-electron chi connectivity index (χ0n) is 9.99. The Labute approximate surface area is 116 Å². The van der Waals surface area contributed by atoms with Gasteiger partial charge in [-0.05, 0) is 0 Å². The average molecular weight is 349 g/mol. The maximum Gasteiger partial charge on any atom is 0.460 e. The van der Waals surface area contributed by atoms with Gasteiger partial charge in [-0.1, -0.05) is 0 Å². The van der Waals surface area contributed by atoms with E-state index < -0.39 is 42.9 Å². The van der Waals surface area contributed by atoms with E-state index in [9.17, 15) is 44.3 Å². The Balaban J connectivity index is 3.11. The van der Waals surface area contributed by atoms with Crippen LogP contribution in [0.3, 0.4) is 0 Å². The summed E-state index contributed by atoms with van der Waals surface area (Å²) in [5, 5.41) is 0. The Morgan fingerprint density at radius 3 is 1.62 bits per heavy atom. The normalized spacial score (nSPS) is 18.8. The summed E-state index contributed by atoms with van der Waals surface area (Å²) in [4.78, 5) is 11.4. The quantitative estimate of drug-likeness (QED) is 0.730. The van der Waals surface area contributed by atoms with Crippen molar-refractivity contribution in [2.45, 2.75) is 23.9 Å². The van der Waals surface area contributed by atoms with Crippen molar-refractivity contribution in [1.82, 2.24) is 4.90 Å². The summed E-state index contributed by atoms with van der Waals surface area (Å²) in [6.45, 7) is -0.875. The maximum atomic E-state index is 13.3. The number of hydrogen-bond donors (Lipinski definition) is 0. The first-order valence-electron chi connectivity index (χ1n) is 5.34. The third kappa shape index (κ3) is 2.90. The van der Waals surface area contributed by atoms with Crippen LogP contribution in [-0.4, -0.2) is 59.3 Å². The van der Waals surface area contributed by atoms with Crippen molar-refractivity contribution >= 4 is 17.7 Å². The minimum Gasteiger partial charge on any atom is -0.336 e. The Hall–Kier alpha value is -0.810. The molecule has 0 aromatic carbocycles. The molecule has 0 aromatic rings. The molecule has 12 heteroatoms. The third-order valence-electron chi connectivity index (χ3n) is 2.71. The zero-order chi connectivity index (χ0) is 16.7. The molecule has 0 atom stereocenters. The highest BCUT2D eigenvalue weighted by molar-refractivity contribution is 7.99. The van der Waals surface area contributed by atoms with Gasteiger partial charge in [-0.25, -0.2) is 0 Å². The van der Waals surface area contributed by atoms with E-state index in [-0.39, 0.29) is 16.4 Å². The largest absolute Gasteiger partial charge is 0.460 e. The average Bonchev–Trinajstić information content (AvgIpc) is 2.37. The number of amides is 1. The first kappa shape index (κ1) is 18.2. The van der Waals surface area contributed by atoms with E-state index in [1.807, 2.05) is 0 Å². The standard InChI is InChI=1S/C9H8F9NOS/c10-6(11,5(20)19-1-3-21-4-2-19)7(12,13)8(14,15)9(16,17)18/h1-4H2. The van der Waals surface area contributed by atoms with Crippen LogP contribution in [0.25, 0.3) is 0 Å². The van der Waals surface area contributed by atoms with Crippen LogP contribution in [0.5, 0.6) is 0 Å². The molecule has 0 aliphatic carbocycles. The summed E-state index contributed by atoms with van der Waals surface area (Å²) in [6.07, 6.45) is -6.92. The molecule has 0 spiro atoms. The molecule has 0 N–H and O–H groups in total. The van der Waals surface area contributed by atoms with Gasteiger partial charge < -0.3 is 4.90 Å². The molecule has 21 heavy (non-hydrogen) atoms. The van der Waals surface area contributed by atoms with Crippen molar-refractivity contribution in [3.63, 3.8) is 0 Å². The zero-order valence-corrected chi connectivity index (χ0v) is 10.8. The van der Waals surface area contributed by atoms with Gasteiger partial charge in [0, 0.05) is 24.6 Å². The molecule has 0 saturated carbocycles. The smallest absolute Gasteiger partial charge is 0.336 e. The number of rotatable bonds is 3. The summed E-state index contributed by atoms with van der Waals surface area (Å²) < 4.78 is 113. The van der Waals surface area contributed by atoms with Crippen LogP contribution in [0.15, 0.2) is 0 Å². The van der Waals surface area contributed by atoms with Crippen molar-refractivity contribution in [3.8, 4) is 0 Å². The van der Waals surface area contributed by atoms with Crippen molar-refractivity contribution in [2.24, 2.45) is 0 Å². The van der Waals surface area contributed by atoms with E-state index in [4.69, 9.17) is 0 Å². The second kappa shape index (κ2) is 5.43. The van der Waals surface area contributed by atoms with E-state index in [0.29, 0.717) is 0 Å². The summed E-state index contributed by atoms with van der Waals surface area (Å²) >= 11 is 1.19. The predicted molar refractivity (Wildman–Crippen MR) is 54.8 cm³/mol. The molecule has 1 fully saturated rings. The van der Waals surface area contributed by atoms with Gasteiger partial charge >= 0.3 is 23.9 Å². The lowest BCUT2D eigenvalue weighted by atomic mass is 10.0. The van der Waals surface area contributed by atoms with Gasteiger partial charge in [0.15, 0.2) is 0 Å². The molecule has 1 aliphatic heterocycles. The number of alkyl halides is 9. The van der Waals surface area contributed by atoms with Crippen molar-refractivity contribution in [2.75, 3.05) is 24.6 Å². The Bertz CT molecular complexity index is 403. The molecule has 1 heterocycles. The van der Waals surface area contributed by atoms with Gasteiger partial charge in [0.25, 0.3) is 5.91 Å². The molecule has 2 nitrogen and oxygen atoms in total. The minimum absolute atomic E-state index is 0.0864. The second-order valence-electron chi connectivity index (χ2n) is 4.13. The fourth-order valence-electron chi connectivity index (χ4n) is 1.47. The van der Waals surface area contributed by atoms with Gasteiger partial charge in [0.2, 0.25) is 0 Å². The maximum absolute atomic E-state index is 13.3. The van der Waals surface area contributed by atoms with E-state index in [2.05, 4.69) is 0 Å². The topological polar surface area (TPSA) is 20.3 Å². The van der Waals surface area contributed by atoms with Gasteiger partial charge in [-0.3, -0.25) is 4.79 Å². The van der Waals surface area contributed by atoms with Crippen molar-refractivity contribution < 1.29 is 44.3 Å². The highest BCUT2D eigenvalue weighted by atomic mass is 32.2. The second-order valence-corrected chi connectivity index (χ2v) is 5.35. The summed E-state index contributed by atoms with van der Waals surface area (Å²) in [7, 11) is 0. The fraction of sp³-hybridized carbons (Fsp3) is 0.889. The first-order valence-corrected chi connectivity index (χ1v) is 6.49. The van der Waals surface area contributed by atoms with Crippen molar-refractivity contribution in [3.05, 3.63) is 0 Å². The van der Waals surface area contributed by atoms with E-state index >= 15 is 0 Å². The fourth-order valence-corrected chi connectivity index (χ4v) is 2.38. The molecule has 0 aromatic heterocycles. The van der Waals surface area contributed by atoms with Crippen LogP contribution in [0.2, 0.25) is 0 Å². The van der Waals surface area contributed by atoms with E-state index in [1.54, 1.807) is 0 Å². The lowest BCUT2D eigenvalue weighted by Gasteiger charge is -2.36. The van der Waals surface area contributed by atoms with Crippen LogP contribution in [0.1, 0.15) is 0 Å². The Kier molecular flexibility index (Phi) is 4.72. The van der Waals surface area contributed by atoms with Crippen LogP contribution in [-0.2, 0) is 4.79 Å². The first-order chi connectivity index (χ1) is 9.27. The van der Waals surface area contributed by atoms with Gasteiger partial charge in [-0.2, -0.15) is 51.3 Å². The molecule has 0 radical (unpaired) electrons. The van der Waals surface area contributed by atoms with Gasteiger partial charge in [0.1, 0.15) is 0 Å². The van der Waals surface area contributed by atoms with E-state index in [0.717, 1.165) is 0 Å². The van der Waals surface area contributed by atoms with Crippen LogP contribution >= 0.6 is 11.8 Å². The lowest BCUT2D eigenvalue weighted by molar-refractivity contribution is -0.389. The molecular weight excluding hydrogens is 341 g/mol. The number of thioether (sulfide) groups is 1. The van der Waals surface area contributed by atoms with Crippen molar-refractivity contribution in [1.29, 1.82) is 0 Å². The summed E-state index contributed by atoms with van der Waals surface area (Å²) in [5.41, 5.74) is 0. The molecule has 124 valence electrons. The highest BCUT2D eigenvalue weighted by Crippen LogP contribution is 2.53. The van der Waals surface area contributed by atoms with Crippen LogP contribution in [0.4, 0.5) is 39.5 Å². The number of carbonyl (C=O) groups is 1. The molecule has 1 rings (SSSR count). The molecule has 0 bridgehead atoms. The number of carbonyl (C=O) groups excluding carboxylic acids is 1. The Morgan fingerprint density at radius 1 is 0.810 bits per heavy atom. The number of halogens is 9. The number of nitrogens with zero attached hydrogens (tertiary/aromatic N) is 1.